The first-order valence-corrected chi connectivity index (χ1v) is 6.71. The minimum atomic E-state index is 0.203. The summed E-state index contributed by atoms with van der Waals surface area (Å²) in [5.41, 5.74) is 0. The number of nitriles is 1. The maximum atomic E-state index is 8.91. The third kappa shape index (κ3) is 3.87. The van der Waals surface area contributed by atoms with Gasteiger partial charge in [0.1, 0.15) is 18.1 Å². The van der Waals surface area contributed by atoms with Crippen LogP contribution in [0.25, 0.3) is 0 Å². The highest BCUT2D eigenvalue weighted by Crippen LogP contribution is 2.19. The van der Waals surface area contributed by atoms with Gasteiger partial charge in [-0.25, -0.2) is 0 Å². The highest BCUT2D eigenvalue weighted by Gasteiger charge is 2.22. The zero-order valence-electron chi connectivity index (χ0n) is 11.3. The van der Waals surface area contributed by atoms with Gasteiger partial charge in [0, 0.05) is 0 Å². The van der Waals surface area contributed by atoms with Crippen LogP contribution >= 0.6 is 0 Å². The Labute approximate surface area is 114 Å². The van der Waals surface area contributed by atoms with Gasteiger partial charge in [0.25, 0.3) is 0 Å². The zero-order valence-corrected chi connectivity index (χ0v) is 11.3. The monoisotopic (exact) mass is 260 g/mol. The fraction of sp³-hybridized carbons (Fsp3) is 0.533. The summed E-state index contributed by atoms with van der Waals surface area (Å²) < 4.78 is 10.9. The van der Waals surface area contributed by atoms with Gasteiger partial charge in [-0.1, -0.05) is 0 Å². The molecular formula is C15H20N2O2. The maximum Gasteiger partial charge on any atom is 0.119 e. The van der Waals surface area contributed by atoms with Crippen molar-refractivity contribution in [3.8, 4) is 17.6 Å². The molecule has 102 valence electrons. The van der Waals surface area contributed by atoms with Crippen LogP contribution in [0.4, 0.5) is 0 Å². The molecule has 0 amide bonds. The largest absolute Gasteiger partial charge is 0.497 e. The van der Waals surface area contributed by atoms with Crippen LogP contribution in [0.2, 0.25) is 0 Å². The molecular weight excluding hydrogens is 240 g/mol. The quantitative estimate of drug-likeness (QED) is 0.788. The molecule has 1 saturated heterocycles. The van der Waals surface area contributed by atoms with E-state index in [1.165, 1.54) is 12.8 Å². The van der Waals surface area contributed by atoms with Crippen molar-refractivity contribution >= 4 is 0 Å². The van der Waals surface area contributed by atoms with Crippen molar-refractivity contribution in [2.45, 2.75) is 25.3 Å². The molecule has 4 heteroatoms. The second kappa shape index (κ2) is 7.01. The number of likely N-dealkylation sites (tertiary alicyclic amines) is 1. The molecule has 4 nitrogen and oxygen atoms in total. The molecule has 0 bridgehead atoms. The van der Waals surface area contributed by atoms with E-state index in [0.717, 1.165) is 24.6 Å². The molecule has 2 rings (SSSR count). The van der Waals surface area contributed by atoms with Crippen LogP contribution in [0, 0.1) is 11.3 Å². The molecule has 1 aliphatic heterocycles. The number of hydrogen-bond acceptors (Lipinski definition) is 4. The summed E-state index contributed by atoms with van der Waals surface area (Å²) in [7, 11) is 1.65. The highest BCUT2D eigenvalue weighted by molar-refractivity contribution is 5.31. The van der Waals surface area contributed by atoms with Gasteiger partial charge in [-0.2, -0.15) is 5.26 Å². The summed E-state index contributed by atoms with van der Waals surface area (Å²) in [6.07, 6.45) is 2.98. The Morgan fingerprint density at radius 2 is 1.84 bits per heavy atom. The highest BCUT2D eigenvalue weighted by atomic mass is 16.5. The van der Waals surface area contributed by atoms with E-state index in [-0.39, 0.29) is 6.04 Å². The van der Waals surface area contributed by atoms with E-state index >= 15 is 0 Å². The Morgan fingerprint density at radius 1 is 1.21 bits per heavy atom. The maximum absolute atomic E-state index is 8.91. The van der Waals surface area contributed by atoms with E-state index in [1.807, 2.05) is 24.3 Å². The standard InChI is InChI=1S/C15H20N2O2/c1-18-14-4-6-15(7-5-14)19-12-13(8-9-16)17-10-2-3-11-17/h4-7,13H,2-3,8,10-12H2,1H3. The van der Waals surface area contributed by atoms with Crippen molar-refractivity contribution in [3.05, 3.63) is 24.3 Å². The van der Waals surface area contributed by atoms with Gasteiger partial charge >= 0.3 is 0 Å². The van der Waals surface area contributed by atoms with E-state index in [9.17, 15) is 0 Å². The van der Waals surface area contributed by atoms with Crippen LogP contribution in [0.1, 0.15) is 19.3 Å². The molecule has 1 fully saturated rings. The molecule has 0 radical (unpaired) electrons. The number of methoxy groups -OCH3 is 1. The number of ether oxygens (including phenoxy) is 2. The lowest BCUT2D eigenvalue weighted by atomic mass is 10.2. The lowest BCUT2D eigenvalue weighted by Crippen LogP contribution is -2.37. The van der Waals surface area contributed by atoms with Crippen molar-refractivity contribution in [2.75, 3.05) is 26.8 Å². The lowest BCUT2D eigenvalue weighted by molar-refractivity contribution is 0.162. The average Bonchev–Trinajstić information content (AvgIpc) is 2.98. The number of hydrogen-bond donors (Lipinski definition) is 0. The molecule has 0 saturated carbocycles. The molecule has 0 spiro atoms. The van der Waals surface area contributed by atoms with E-state index in [0.29, 0.717) is 13.0 Å². The Balaban J connectivity index is 1.88. The van der Waals surface area contributed by atoms with Crippen LogP contribution in [0.5, 0.6) is 11.5 Å². The number of rotatable bonds is 6. The van der Waals surface area contributed by atoms with E-state index < -0.39 is 0 Å². The summed E-state index contributed by atoms with van der Waals surface area (Å²) in [6, 6.07) is 10.0. The van der Waals surface area contributed by atoms with Gasteiger partial charge in [0.15, 0.2) is 0 Å². The SMILES string of the molecule is COc1ccc(OCC(CC#N)N2CCCC2)cc1. The minimum absolute atomic E-state index is 0.203. The molecule has 1 heterocycles. The van der Waals surface area contributed by atoms with Crippen LogP contribution in [-0.4, -0.2) is 37.7 Å². The second-order valence-corrected chi connectivity index (χ2v) is 4.75. The molecule has 1 aliphatic rings. The third-order valence-corrected chi connectivity index (χ3v) is 3.49. The van der Waals surface area contributed by atoms with Crippen molar-refractivity contribution in [1.29, 1.82) is 5.26 Å². The van der Waals surface area contributed by atoms with Crippen LogP contribution in [-0.2, 0) is 0 Å². The summed E-state index contributed by atoms with van der Waals surface area (Å²) >= 11 is 0. The fourth-order valence-corrected chi connectivity index (χ4v) is 2.37. The molecule has 0 aliphatic carbocycles. The molecule has 19 heavy (non-hydrogen) atoms. The predicted molar refractivity (Wildman–Crippen MR) is 73.3 cm³/mol. The van der Waals surface area contributed by atoms with Gasteiger partial charge in [-0.05, 0) is 50.2 Å². The van der Waals surface area contributed by atoms with Gasteiger partial charge in [0.05, 0.1) is 25.6 Å². The summed E-state index contributed by atoms with van der Waals surface area (Å²) in [5, 5.41) is 8.91. The molecule has 0 aromatic heterocycles. The summed E-state index contributed by atoms with van der Waals surface area (Å²) in [5.74, 6) is 1.64. The van der Waals surface area contributed by atoms with Gasteiger partial charge in [-0.15, -0.1) is 0 Å². The molecule has 0 N–H and O–H groups in total. The van der Waals surface area contributed by atoms with Crippen LogP contribution in [0.3, 0.4) is 0 Å². The lowest BCUT2D eigenvalue weighted by Gasteiger charge is -2.25. The smallest absolute Gasteiger partial charge is 0.119 e. The van der Waals surface area contributed by atoms with Crippen molar-refractivity contribution in [2.24, 2.45) is 0 Å². The van der Waals surface area contributed by atoms with Crippen molar-refractivity contribution < 1.29 is 9.47 Å². The molecule has 1 unspecified atom stereocenters. The van der Waals surface area contributed by atoms with Crippen molar-refractivity contribution in [3.63, 3.8) is 0 Å². The molecule has 1 aromatic rings. The minimum Gasteiger partial charge on any atom is -0.497 e. The van der Waals surface area contributed by atoms with E-state index in [4.69, 9.17) is 14.7 Å². The molecule has 1 aromatic carbocycles. The first-order chi connectivity index (χ1) is 9.33. The Hall–Kier alpha value is -1.73. The summed E-state index contributed by atoms with van der Waals surface area (Å²) in [4.78, 5) is 2.35. The average molecular weight is 260 g/mol. The first kappa shape index (κ1) is 13.7. The topological polar surface area (TPSA) is 45.5 Å². The normalized spacial score (nSPS) is 16.8. The van der Waals surface area contributed by atoms with E-state index in [1.54, 1.807) is 7.11 Å². The Morgan fingerprint density at radius 3 is 2.42 bits per heavy atom. The van der Waals surface area contributed by atoms with Crippen LogP contribution < -0.4 is 9.47 Å². The van der Waals surface area contributed by atoms with Crippen LogP contribution in [0.15, 0.2) is 24.3 Å². The third-order valence-electron chi connectivity index (χ3n) is 3.49. The van der Waals surface area contributed by atoms with Gasteiger partial charge in [-0.3, -0.25) is 4.90 Å². The van der Waals surface area contributed by atoms with Crippen molar-refractivity contribution in [1.82, 2.24) is 4.90 Å². The number of nitrogens with zero attached hydrogens (tertiary/aromatic N) is 2. The summed E-state index contributed by atoms with van der Waals surface area (Å²) in [6.45, 7) is 2.73. The van der Waals surface area contributed by atoms with E-state index in [2.05, 4.69) is 11.0 Å². The zero-order chi connectivity index (χ0) is 13.5. The Bertz CT molecular complexity index is 419. The van der Waals surface area contributed by atoms with Gasteiger partial charge in [0.2, 0.25) is 0 Å². The predicted octanol–water partition coefficient (Wildman–Crippen LogP) is 2.45. The Kier molecular flexibility index (Phi) is 5.05. The van der Waals surface area contributed by atoms with Gasteiger partial charge < -0.3 is 9.47 Å². The fourth-order valence-electron chi connectivity index (χ4n) is 2.37. The second-order valence-electron chi connectivity index (χ2n) is 4.75. The number of benzene rings is 1. The first-order valence-electron chi connectivity index (χ1n) is 6.71. The molecule has 1 atom stereocenters.